The summed E-state index contributed by atoms with van der Waals surface area (Å²) in [5, 5.41) is 7.41. The molecule has 3 N–H and O–H groups in total. The number of anilines is 1. The average Bonchev–Trinajstić information content (AvgIpc) is 3.13. The van der Waals surface area contributed by atoms with Crippen molar-refractivity contribution in [2.45, 2.75) is 0 Å². The minimum Gasteiger partial charge on any atom is -0.495 e. The largest absolute Gasteiger partial charge is 0.495 e. The van der Waals surface area contributed by atoms with Crippen molar-refractivity contribution in [2.24, 2.45) is 0 Å². The number of hydrogen-bond donors (Lipinski definition) is 3. The van der Waals surface area contributed by atoms with Gasteiger partial charge in [-0.05, 0) is 24.3 Å². The molecule has 126 valence electrons. The fourth-order valence-corrected chi connectivity index (χ4v) is 1.84. The topological polar surface area (TPSA) is 110 Å². The van der Waals surface area contributed by atoms with E-state index in [4.69, 9.17) is 9.15 Å². The summed E-state index contributed by atoms with van der Waals surface area (Å²) in [6.07, 6.45) is 1.36. The zero-order chi connectivity index (χ0) is 17.4. The number of benzene rings is 1. The van der Waals surface area contributed by atoms with E-state index in [1.807, 2.05) is 0 Å². The molecule has 3 amide bonds. The van der Waals surface area contributed by atoms with Crippen LogP contribution in [0.15, 0.2) is 47.1 Å². The van der Waals surface area contributed by atoms with Crippen LogP contribution in [0.25, 0.3) is 0 Å². The van der Waals surface area contributed by atoms with Crippen LogP contribution in [0.2, 0.25) is 0 Å². The third-order valence-electron chi connectivity index (χ3n) is 2.98. The third kappa shape index (κ3) is 4.87. The molecule has 0 aliphatic carbocycles. The lowest BCUT2D eigenvalue weighted by Crippen LogP contribution is -2.40. The number of hydrogen-bond acceptors (Lipinski definition) is 5. The lowest BCUT2D eigenvalue weighted by atomic mass is 10.3. The first-order valence-electron chi connectivity index (χ1n) is 7.11. The van der Waals surface area contributed by atoms with Crippen LogP contribution < -0.4 is 20.7 Å². The summed E-state index contributed by atoms with van der Waals surface area (Å²) in [7, 11) is 1.49. The number of para-hydroxylation sites is 2. The van der Waals surface area contributed by atoms with Crippen molar-refractivity contribution in [3.05, 3.63) is 48.4 Å². The van der Waals surface area contributed by atoms with E-state index in [-0.39, 0.29) is 18.8 Å². The number of carbonyl (C=O) groups excluding carboxylic acids is 3. The Morgan fingerprint density at radius 1 is 1.00 bits per heavy atom. The number of methoxy groups -OCH3 is 1. The summed E-state index contributed by atoms with van der Waals surface area (Å²) < 4.78 is 10.0. The van der Waals surface area contributed by atoms with Gasteiger partial charge in [-0.15, -0.1) is 0 Å². The van der Waals surface area contributed by atoms with Crippen LogP contribution >= 0.6 is 0 Å². The maximum absolute atomic E-state index is 11.8. The van der Waals surface area contributed by atoms with E-state index in [0.29, 0.717) is 11.4 Å². The lowest BCUT2D eigenvalue weighted by molar-refractivity contribution is -0.123. The van der Waals surface area contributed by atoms with Crippen molar-refractivity contribution in [2.75, 3.05) is 25.5 Å². The highest BCUT2D eigenvalue weighted by Gasteiger charge is 2.11. The van der Waals surface area contributed by atoms with Crippen LogP contribution in [0, 0.1) is 0 Å². The monoisotopic (exact) mass is 331 g/mol. The van der Waals surface area contributed by atoms with Gasteiger partial charge in [-0.2, -0.15) is 0 Å². The molecule has 0 aliphatic rings. The van der Waals surface area contributed by atoms with Crippen molar-refractivity contribution in [3.8, 4) is 5.75 Å². The molecule has 0 fully saturated rings. The molecular weight excluding hydrogens is 314 g/mol. The Bertz CT molecular complexity index is 712. The number of ether oxygens (including phenoxy) is 1. The standard InChI is InChI=1S/C16H17N3O5/c1-23-12-6-3-2-5-11(12)19-15(21)10-17-14(20)9-18-16(22)13-7-4-8-24-13/h2-8H,9-10H2,1H3,(H,17,20)(H,18,22)(H,19,21). The first kappa shape index (κ1) is 17.1. The Morgan fingerprint density at radius 2 is 1.75 bits per heavy atom. The van der Waals surface area contributed by atoms with Gasteiger partial charge in [0.25, 0.3) is 5.91 Å². The quantitative estimate of drug-likeness (QED) is 0.694. The van der Waals surface area contributed by atoms with Gasteiger partial charge in [0.1, 0.15) is 5.75 Å². The molecule has 0 radical (unpaired) electrons. The summed E-state index contributed by atoms with van der Waals surface area (Å²) in [4.78, 5) is 35.0. The number of nitrogens with one attached hydrogen (secondary N) is 3. The molecule has 0 aliphatic heterocycles. The molecule has 1 aromatic carbocycles. The summed E-state index contributed by atoms with van der Waals surface area (Å²) in [6, 6.07) is 9.96. The van der Waals surface area contributed by atoms with Gasteiger partial charge in [0.2, 0.25) is 11.8 Å². The number of amides is 3. The molecule has 0 spiro atoms. The summed E-state index contributed by atoms with van der Waals surface area (Å²) >= 11 is 0. The summed E-state index contributed by atoms with van der Waals surface area (Å²) in [5.74, 6) is -0.788. The van der Waals surface area contributed by atoms with E-state index in [9.17, 15) is 14.4 Å². The number of carbonyl (C=O) groups is 3. The molecular formula is C16H17N3O5. The zero-order valence-electron chi connectivity index (χ0n) is 13.0. The molecule has 2 rings (SSSR count). The first-order valence-corrected chi connectivity index (χ1v) is 7.11. The Labute approximate surface area is 138 Å². The van der Waals surface area contributed by atoms with Gasteiger partial charge in [-0.1, -0.05) is 12.1 Å². The van der Waals surface area contributed by atoms with Crippen LogP contribution in [0.4, 0.5) is 5.69 Å². The molecule has 1 heterocycles. The van der Waals surface area contributed by atoms with Gasteiger partial charge in [0.15, 0.2) is 5.76 Å². The van der Waals surface area contributed by atoms with Crippen LogP contribution in [0.3, 0.4) is 0 Å². The SMILES string of the molecule is COc1ccccc1NC(=O)CNC(=O)CNC(=O)c1ccco1. The first-order chi connectivity index (χ1) is 11.6. The van der Waals surface area contributed by atoms with Gasteiger partial charge in [0.05, 0.1) is 32.1 Å². The van der Waals surface area contributed by atoms with Crippen molar-refractivity contribution in [1.29, 1.82) is 0 Å². The van der Waals surface area contributed by atoms with E-state index in [0.717, 1.165) is 0 Å². The zero-order valence-corrected chi connectivity index (χ0v) is 13.0. The second kappa shape index (κ2) is 8.37. The highest BCUT2D eigenvalue weighted by atomic mass is 16.5. The fourth-order valence-electron chi connectivity index (χ4n) is 1.84. The van der Waals surface area contributed by atoms with Crippen molar-refractivity contribution in [3.63, 3.8) is 0 Å². The Hall–Kier alpha value is -3.29. The number of furan rings is 1. The minimum absolute atomic E-state index is 0.108. The van der Waals surface area contributed by atoms with Crippen LogP contribution in [-0.4, -0.2) is 37.9 Å². The fraction of sp³-hybridized carbons (Fsp3) is 0.188. The molecule has 24 heavy (non-hydrogen) atoms. The molecule has 0 unspecified atom stereocenters. The average molecular weight is 331 g/mol. The maximum atomic E-state index is 11.8. The summed E-state index contributed by atoms with van der Waals surface area (Å²) in [6.45, 7) is -0.491. The van der Waals surface area contributed by atoms with E-state index < -0.39 is 17.7 Å². The molecule has 8 heteroatoms. The van der Waals surface area contributed by atoms with Gasteiger partial charge in [-0.25, -0.2) is 0 Å². The molecule has 0 saturated carbocycles. The van der Waals surface area contributed by atoms with Crippen LogP contribution in [0.5, 0.6) is 5.75 Å². The maximum Gasteiger partial charge on any atom is 0.287 e. The smallest absolute Gasteiger partial charge is 0.287 e. The van der Waals surface area contributed by atoms with Gasteiger partial charge >= 0.3 is 0 Å². The second-order valence-electron chi connectivity index (χ2n) is 4.69. The molecule has 0 saturated heterocycles. The van der Waals surface area contributed by atoms with E-state index in [2.05, 4.69) is 16.0 Å². The van der Waals surface area contributed by atoms with Crippen LogP contribution in [0.1, 0.15) is 10.6 Å². The van der Waals surface area contributed by atoms with Gasteiger partial charge < -0.3 is 25.1 Å². The minimum atomic E-state index is -0.506. The van der Waals surface area contributed by atoms with Crippen molar-refractivity contribution in [1.82, 2.24) is 10.6 Å². The van der Waals surface area contributed by atoms with Crippen LogP contribution in [-0.2, 0) is 9.59 Å². The highest BCUT2D eigenvalue weighted by molar-refractivity contribution is 5.97. The number of rotatable bonds is 7. The van der Waals surface area contributed by atoms with Gasteiger partial charge in [-0.3, -0.25) is 14.4 Å². The molecule has 2 aromatic rings. The van der Waals surface area contributed by atoms with E-state index in [1.54, 1.807) is 30.3 Å². The normalized spacial score (nSPS) is 9.88. The third-order valence-corrected chi connectivity index (χ3v) is 2.98. The highest BCUT2D eigenvalue weighted by Crippen LogP contribution is 2.22. The molecule has 0 bridgehead atoms. The lowest BCUT2D eigenvalue weighted by Gasteiger charge is -2.10. The molecule has 8 nitrogen and oxygen atoms in total. The second-order valence-corrected chi connectivity index (χ2v) is 4.69. The van der Waals surface area contributed by atoms with Crippen molar-refractivity contribution >= 4 is 23.4 Å². The predicted octanol–water partition coefficient (Wildman–Crippen LogP) is 0.773. The van der Waals surface area contributed by atoms with E-state index >= 15 is 0 Å². The van der Waals surface area contributed by atoms with Gasteiger partial charge in [0, 0.05) is 0 Å². The Kier molecular flexibility index (Phi) is 5.95. The molecule has 1 aromatic heterocycles. The Balaban J connectivity index is 1.73. The van der Waals surface area contributed by atoms with E-state index in [1.165, 1.54) is 19.4 Å². The predicted molar refractivity (Wildman–Crippen MR) is 85.7 cm³/mol. The summed E-state index contributed by atoms with van der Waals surface area (Å²) in [5.41, 5.74) is 0.505. The van der Waals surface area contributed by atoms with Crippen molar-refractivity contribution < 1.29 is 23.5 Å². The molecule has 0 atom stereocenters. The Morgan fingerprint density at radius 3 is 2.46 bits per heavy atom.